The molecule has 1 fully saturated rings. The highest BCUT2D eigenvalue weighted by atomic mass is 31.1. The first-order valence-corrected chi connectivity index (χ1v) is 9.44. The van der Waals surface area contributed by atoms with Gasteiger partial charge >= 0.3 is 13.6 Å². The predicted octanol–water partition coefficient (Wildman–Crippen LogP) is 5.06. The van der Waals surface area contributed by atoms with Crippen LogP contribution in [0, 0.1) is 26.7 Å². The maximum absolute atomic E-state index is 12.4. The van der Waals surface area contributed by atoms with Crippen molar-refractivity contribution < 1.29 is 18.6 Å². The van der Waals surface area contributed by atoms with Gasteiger partial charge in [0.25, 0.3) is 0 Å². The maximum atomic E-state index is 12.4. The summed E-state index contributed by atoms with van der Waals surface area (Å²) in [6.45, 7) is 8.00. The van der Waals surface area contributed by atoms with E-state index < -0.39 is 19.8 Å². The fraction of sp³-hybridized carbons (Fsp3) is 0.611. The van der Waals surface area contributed by atoms with Crippen molar-refractivity contribution in [2.45, 2.75) is 59.7 Å². The number of carbonyl (C=O) groups excluding carboxylic acids is 1. The fourth-order valence-corrected chi connectivity index (χ4v) is 4.23. The first-order valence-electron chi connectivity index (χ1n) is 8.26. The fourth-order valence-electron chi connectivity index (χ4n) is 3.27. The minimum Gasteiger partial charge on any atom is -0.348 e. The van der Waals surface area contributed by atoms with E-state index in [4.69, 9.17) is 9.26 Å². The van der Waals surface area contributed by atoms with Crippen molar-refractivity contribution >= 4 is 13.6 Å². The van der Waals surface area contributed by atoms with E-state index in [1.165, 1.54) is 25.7 Å². The van der Waals surface area contributed by atoms with Crippen molar-refractivity contribution in [3.63, 3.8) is 0 Å². The summed E-state index contributed by atoms with van der Waals surface area (Å²) < 4.78 is 23.1. The molecule has 0 radical (unpaired) electrons. The highest BCUT2D eigenvalue weighted by Gasteiger charge is 2.37. The standard InChI is InChI=1S/C18H26O4P/c1-12-9-13(2)17(14(3)10-12)18(19)23(20)22-15(4)21-11-16-7-5-6-8-16/h9-10,15-16H,5-8,11H2,1-4H3/q+1. The lowest BCUT2D eigenvalue weighted by molar-refractivity contribution is -0.0736. The molecule has 0 bridgehead atoms. The second-order valence-electron chi connectivity index (χ2n) is 6.49. The Kier molecular flexibility index (Phi) is 6.46. The Morgan fingerprint density at radius 3 is 2.35 bits per heavy atom. The van der Waals surface area contributed by atoms with Crippen molar-refractivity contribution in [2.24, 2.45) is 5.92 Å². The van der Waals surface area contributed by atoms with E-state index in [1.807, 2.05) is 32.9 Å². The molecule has 0 heterocycles. The molecule has 0 amide bonds. The molecule has 1 aliphatic rings. The van der Waals surface area contributed by atoms with Gasteiger partial charge in [0.15, 0.2) is 0 Å². The molecule has 1 aromatic rings. The van der Waals surface area contributed by atoms with Crippen LogP contribution in [0.1, 0.15) is 59.7 Å². The van der Waals surface area contributed by atoms with Crippen molar-refractivity contribution in [1.29, 1.82) is 0 Å². The summed E-state index contributed by atoms with van der Waals surface area (Å²) in [5.41, 5.74) is 2.80. The van der Waals surface area contributed by atoms with Gasteiger partial charge in [-0.1, -0.05) is 30.5 Å². The Bertz CT molecular complexity index is 568. The number of carbonyl (C=O) groups is 1. The SMILES string of the molecule is Cc1cc(C)c(C(=O)[P+](=O)OC(C)OCC2CCCC2)c(C)c1. The molecule has 4 nitrogen and oxygen atoms in total. The van der Waals surface area contributed by atoms with Crippen LogP contribution in [0.2, 0.25) is 0 Å². The summed E-state index contributed by atoms with van der Waals surface area (Å²) >= 11 is 0. The van der Waals surface area contributed by atoms with Gasteiger partial charge in [0.2, 0.25) is 6.29 Å². The van der Waals surface area contributed by atoms with E-state index in [9.17, 15) is 9.36 Å². The summed E-state index contributed by atoms with van der Waals surface area (Å²) in [6.07, 6.45) is 4.23. The number of ether oxygens (including phenoxy) is 1. The van der Waals surface area contributed by atoms with Crippen molar-refractivity contribution in [3.8, 4) is 0 Å². The average molecular weight is 337 g/mol. The van der Waals surface area contributed by atoms with E-state index in [-0.39, 0.29) is 0 Å². The zero-order valence-electron chi connectivity index (χ0n) is 14.4. The molecule has 5 heteroatoms. The molecule has 1 saturated carbocycles. The Labute approximate surface area is 139 Å². The van der Waals surface area contributed by atoms with Gasteiger partial charge in [0.1, 0.15) is 0 Å². The van der Waals surface area contributed by atoms with Crippen LogP contribution in [0.15, 0.2) is 12.1 Å². The first kappa shape index (κ1) is 18.3. The topological polar surface area (TPSA) is 52.6 Å². The van der Waals surface area contributed by atoms with E-state index in [0.29, 0.717) is 18.1 Å². The summed E-state index contributed by atoms with van der Waals surface area (Å²) in [4.78, 5) is 12.4. The second-order valence-corrected chi connectivity index (χ2v) is 7.62. The minimum absolute atomic E-state index is 0.452. The smallest absolute Gasteiger partial charge is 0.348 e. The third kappa shape index (κ3) is 4.94. The molecular weight excluding hydrogens is 311 g/mol. The summed E-state index contributed by atoms with van der Waals surface area (Å²) in [6, 6.07) is 3.84. The second kappa shape index (κ2) is 8.14. The molecule has 1 aromatic carbocycles. The Morgan fingerprint density at radius 2 is 1.78 bits per heavy atom. The lowest BCUT2D eigenvalue weighted by Gasteiger charge is -2.12. The average Bonchev–Trinajstić information content (AvgIpc) is 2.97. The lowest BCUT2D eigenvalue weighted by Crippen LogP contribution is -2.16. The summed E-state index contributed by atoms with van der Waals surface area (Å²) in [5, 5.41) is 0. The quantitative estimate of drug-likeness (QED) is 0.515. The largest absolute Gasteiger partial charge is 0.595 e. The molecule has 0 spiro atoms. The molecular formula is C18H26O4P+. The third-order valence-electron chi connectivity index (χ3n) is 4.34. The van der Waals surface area contributed by atoms with Crippen LogP contribution in [-0.4, -0.2) is 18.4 Å². The highest BCUT2D eigenvalue weighted by Crippen LogP contribution is 2.34. The molecule has 2 rings (SSSR count). The van der Waals surface area contributed by atoms with Crippen molar-refractivity contribution in [2.75, 3.05) is 6.61 Å². The van der Waals surface area contributed by atoms with Gasteiger partial charge in [0.05, 0.1) is 12.2 Å². The monoisotopic (exact) mass is 337 g/mol. The number of hydrogen-bond donors (Lipinski definition) is 0. The summed E-state index contributed by atoms with van der Waals surface area (Å²) in [5.74, 6) is 0.566. The number of aryl methyl sites for hydroxylation is 3. The molecule has 0 aliphatic heterocycles. The van der Waals surface area contributed by atoms with Crippen LogP contribution in [-0.2, 0) is 13.8 Å². The van der Waals surface area contributed by atoms with Crippen LogP contribution in [0.4, 0.5) is 0 Å². The molecule has 2 unspecified atom stereocenters. The van der Waals surface area contributed by atoms with Crippen LogP contribution in [0.25, 0.3) is 0 Å². The maximum Gasteiger partial charge on any atom is 0.595 e. The van der Waals surface area contributed by atoms with Gasteiger partial charge in [-0.3, -0.25) is 0 Å². The molecule has 126 valence electrons. The first-order chi connectivity index (χ1) is 10.9. The highest BCUT2D eigenvalue weighted by molar-refractivity contribution is 7.60. The number of hydrogen-bond acceptors (Lipinski definition) is 4. The molecule has 23 heavy (non-hydrogen) atoms. The van der Waals surface area contributed by atoms with Gasteiger partial charge in [-0.25, -0.2) is 4.79 Å². The van der Waals surface area contributed by atoms with Crippen molar-refractivity contribution in [3.05, 3.63) is 34.4 Å². The van der Waals surface area contributed by atoms with Crippen LogP contribution >= 0.6 is 8.03 Å². The third-order valence-corrected chi connectivity index (χ3v) is 5.39. The van der Waals surface area contributed by atoms with Crippen LogP contribution < -0.4 is 0 Å². The van der Waals surface area contributed by atoms with E-state index in [1.54, 1.807) is 6.92 Å². The lowest BCUT2D eigenvalue weighted by atomic mass is 10.0. The van der Waals surface area contributed by atoms with Crippen molar-refractivity contribution in [1.82, 2.24) is 0 Å². The predicted molar refractivity (Wildman–Crippen MR) is 91.0 cm³/mol. The van der Waals surface area contributed by atoms with Gasteiger partial charge in [-0.15, -0.1) is 4.52 Å². The molecule has 1 aliphatic carbocycles. The Balaban J connectivity index is 1.93. The number of rotatable bonds is 7. The molecule has 0 saturated heterocycles. The van der Waals surface area contributed by atoms with Gasteiger partial charge < -0.3 is 4.74 Å². The minimum atomic E-state index is -2.44. The van der Waals surface area contributed by atoms with Crippen LogP contribution in [0.5, 0.6) is 0 Å². The molecule has 0 aromatic heterocycles. The van der Waals surface area contributed by atoms with Gasteiger partial charge in [-0.05, 0) is 62.1 Å². The van der Waals surface area contributed by atoms with E-state index >= 15 is 0 Å². The molecule has 2 atom stereocenters. The van der Waals surface area contributed by atoms with E-state index in [2.05, 4.69) is 0 Å². The zero-order chi connectivity index (χ0) is 17.0. The van der Waals surface area contributed by atoms with E-state index in [0.717, 1.165) is 16.7 Å². The summed E-state index contributed by atoms with van der Waals surface area (Å²) in [7, 11) is -2.44. The molecule has 0 N–H and O–H groups in total. The van der Waals surface area contributed by atoms with Gasteiger partial charge in [0, 0.05) is 0 Å². The Hall–Kier alpha value is -1.09. The Morgan fingerprint density at radius 1 is 1.22 bits per heavy atom. The van der Waals surface area contributed by atoms with Crippen LogP contribution in [0.3, 0.4) is 0 Å². The zero-order valence-corrected chi connectivity index (χ0v) is 15.3. The van der Waals surface area contributed by atoms with Gasteiger partial charge in [-0.2, -0.15) is 0 Å². The normalized spacial score (nSPS) is 17.3. The number of benzene rings is 1.